The van der Waals surface area contributed by atoms with Crippen LogP contribution >= 0.6 is 23.2 Å². The Bertz CT molecular complexity index is 1060. The zero-order valence-corrected chi connectivity index (χ0v) is 17.2. The number of hydrogen-bond acceptors (Lipinski definition) is 6. The molecule has 0 bridgehead atoms. The number of urea groups is 1. The number of anilines is 1. The largest absolute Gasteiger partial charge is 0.452 e. The van der Waals surface area contributed by atoms with Crippen LogP contribution in [0.15, 0.2) is 47.4 Å². The molecule has 3 amide bonds. The van der Waals surface area contributed by atoms with Crippen LogP contribution in [-0.2, 0) is 19.6 Å². The number of carbonyl (C=O) groups excluding carboxylic acids is 3. The Kier molecular flexibility index (Phi) is 7.43. The van der Waals surface area contributed by atoms with Gasteiger partial charge in [0.15, 0.2) is 6.61 Å². The Labute approximate surface area is 176 Å². The number of benzene rings is 2. The van der Waals surface area contributed by atoms with Crippen molar-refractivity contribution in [3.05, 3.63) is 58.1 Å². The van der Waals surface area contributed by atoms with Gasteiger partial charge in [-0.3, -0.25) is 14.8 Å². The van der Waals surface area contributed by atoms with E-state index < -0.39 is 34.5 Å². The predicted octanol–water partition coefficient (Wildman–Crippen LogP) is 2.41. The maximum absolute atomic E-state index is 12.7. The maximum atomic E-state index is 12.7. The van der Waals surface area contributed by atoms with Crippen molar-refractivity contribution in [3.8, 4) is 0 Å². The lowest BCUT2D eigenvalue weighted by molar-refractivity contribution is -0.123. The number of imide groups is 1. The highest BCUT2D eigenvalue weighted by atomic mass is 35.5. The number of rotatable bonds is 6. The summed E-state index contributed by atoms with van der Waals surface area (Å²) in [6, 6.07) is 8.75. The van der Waals surface area contributed by atoms with Gasteiger partial charge in [0.2, 0.25) is 0 Å². The van der Waals surface area contributed by atoms with E-state index in [0.717, 1.165) is 6.07 Å². The van der Waals surface area contributed by atoms with Crippen LogP contribution in [0, 0.1) is 0 Å². The van der Waals surface area contributed by atoms with Gasteiger partial charge < -0.3 is 10.1 Å². The molecular formula is C17H15Cl2N3O6S. The van der Waals surface area contributed by atoms with Crippen molar-refractivity contribution in [3.63, 3.8) is 0 Å². The number of ether oxygens (including phenoxy) is 1. The third-order valence-electron chi connectivity index (χ3n) is 3.39. The summed E-state index contributed by atoms with van der Waals surface area (Å²) in [4.78, 5) is 34.6. The van der Waals surface area contributed by atoms with Gasteiger partial charge in [0.1, 0.15) is 4.90 Å². The fourth-order valence-electron chi connectivity index (χ4n) is 2.07. The topological polar surface area (TPSA) is 131 Å². The molecule has 2 rings (SSSR count). The van der Waals surface area contributed by atoms with Crippen molar-refractivity contribution < 1.29 is 27.5 Å². The molecule has 0 heterocycles. The molecule has 3 N–H and O–H groups in total. The second kappa shape index (κ2) is 9.59. The minimum absolute atomic E-state index is 0.0622. The number of esters is 1. The molecule has 0 fully saturated rings. The molecule has 0 saturated heterocycles. The summed E-state index contributed by atoms with van der Waals surface area (Å²) in [5.74, 6) is -1.84. The lowest BCUT2D eigenvalue weighted by Crippen LogP contribution is -2.39. The van der Waals surface area contributed by atoms with Crippen molar-refractivity contribution in [1.29, 1.82) is 0 Å². The van der Waals surface area contributed by atoms with E-state index in [1.165, 1.54) is 43.4 Å². The standard InChI is InChI=1S/C17H15Cl2N3O6S/c1-20-17(25)21-15(23)9-28-16(24)11-4-2-3-5-13(11)22-29(26,27)14-8-10(18)6-7-12(14)19/h2-8,22H,9H2,1H3,(H2,20,21,23,25). The smallest absolute Gasteiger partial charge is 0.340 e. The average Bonchev–Trinajstić information content (AvgIpc) is 2.67. The monoisotopic (exact) mass is 459 g/mol. The molecule has 0 radical (unpaired) electrons. The van der Waals surface area contributed by atoms with E-state index in [-0.39, 0.29) is 26.2 Å². The van der Waals surface area contributed by atoms with Gasteiger partial charge in [0, 0.05) is 12.1 Å². The van der Waals surface area contributed by atoms with E-state index in [1.54, 1.807) is 0 Å². The average molecular weight is 460 g/mol. The molecule has 0 saturated carbocycles. The lowest BCUT2D eigenvalue weighted by atomic mass is 10.2. The molecule has 9 nitrogen and oxygen atoms in total. The van der Waals surface area contributed by atoms with Gasteiger partial charge >= 0.3 is 12.0 Å². The summed E-state index contributed by atoms with van der Waals surface area (Å²) < 4.78 is 32.4. The van der Waals surface area contributed by atoms with E-state index in [2.05, 4.69) is 10.0 Å². The Morgan fingerprint density at radius 3 is 2.45 bits per heavy atom. The highest BCUT2D eigenvalue weighted by molar-refractivity contribution is 7.92. The fourth-order valence-corrected chi connectivity index (χ4v) is 3.91. The Morgan fingerprint density at radius 1 is 1.07 bits per heavy atom. The number of carbonyl (C=O) groups is 3. The van der Waals surface area contributed by atoms with Crippen molar-refractivity contribution in [2.24, 2.45) is 0 Å². The highest BCUT2D eigenvalue weighted by Gasteiger charge is 2.22. The molecule has 0 aromatic heterocycles. The van der Waals surface area contributed by atoms with E-state index in [4.69, 9.17) is 27.9 Å². The van der Waals surface area contributed by atoms with E-state index in [1.807, 2.05) is 5.32 Å². The zero-order chi connectivity index (χ0) is 21.6. The van der Waals surface area contributed by atoms with Gasteiger partial charge in [-0.2, -0.15) is 0 Å². The minimum Gasteiger partial charge on any atom is -0.452 e. The summed E-state index contributed by atoms with van der Waals surface area (Å²) in [5, 5.41) is 4.18. The van der Waals surface area contributed by atoms with Crippen molar-refractivity contribution in [1.82, 2.24) is 10.6 Å². The van der Waals surface area contributed by atoms with Crippen LogP contribution in [0.4, 0.5) is 10.5 Å². The first kappa shape index (κ1) is 22.5. The number of hydrogen-bond donors (Lipinski definition) is 3. The Morgan fingerprint density at radius 2 is 1.76 bits per heavy atom. The van der Waals surface area contributed by atoms with Crippen LogP contribution in [0.25, 0.3) is 0 Å². The molecule has 0 aliphatic carbocycles. The van der Waals surface area contributed by atoms with Crippen LogP contribution in [0.5, 0.6) is 0 Å². The second-order valence-electron chi connectivity index (χ2n) is 5.43. The molecule has 0 aliphatic heterocycles. The van der Waals surface area contributed by atoms with Gasteiger partial charge in [0.25, 0.3) is 15.9 Å². The van der Waals surface area contributed by atoms with Crippen LogP contribution < -0.4 is 15.4 Å². The third-order valence-corrected chi connectivity index (χ3v) is 5.47. The molecular weight excluding hydrogens is 445 g/mol. The SMILES string of the molecule is CNC(=O)NC(=O)COC(=O)c1ccccc1NS(=O)(=O)c1cc(Cl)ccc1Cl. The molecule has 29 heavy (non-hydrogen) atoms. The predicted molar refractivity (Wildman–Crippen MR) is 107 cm³/mol. The van der Waals surface area contributed by atoms with E-state index in [0.29, 0.717) is 0 Å². The summed E-state index contributed by atoms with van der Waals surface area (Å²) in [5.41, 5.74) is -0.248. The van der Waals surface area contributed by atoms with Crippen LogP contribution in [0.1, 0.15) is 10.4 Å². The first-order valence-corrected chi connectivity index (χ1v) is 10.1. The first-order valence-electron chi connectivity index (χ1n) is 7.89. The molecule has 0 aliphatic rings. The van der Waals surface area contributed by atoms with Gasteiger partial charge in [-0.15, -0.1) is 0 Å². The summed E-state index contributed by atoms with van der Waals surface area (Å²) in [6.07, 6.45) is 0. The molecule has 2 aromatic rings. The van der Waals surface area contributed by atoms with Gasteiger partial charge in [-0.1, -0.05) is 35.3 Å². The summed E-state index contributed by atoms with van der Waals surface area (Å²) in [7, 11) is -2.87. The Hall–Kier alpha value is -2.82. The molecule has 12 heteroatoms. The molecule has 0 unspecified atom stereocenters. The fraction of sp³-hybridized carbons (Fsp3) is 0.118. The van der Waals surface area contributed by atoms with Crippen molar-refractivity contribution >= 4 is 56.8 Å². The molecule has 0 spiro atoms. The highest BCUT2D eigenvalue weighted by Crippen LogP contribution is 2.28. The second-order valence-corrected chi connectivity index (χ2v) is 7.92. The normalized spacial score (nSPS) is 10.7. The first-order chi connectivity index (χ1) is 13.6. The van der Waals surface area contributed by atoms with Crippen LogP contribution in [0.3, 0.4) is 0 Å². The number of halogens is 2. The molecule has 154 valence electrons. The summed E-state index contributed by atoms with van der Waals surface area (Å²) >= 11 is 11.8. The van der Waals surface area contributed by atoms with Gasteiger partial charge in [-0.05, 0) is 30.3 Å². The van der Waals surface area contributed by atoms with Crippen LogP contribution in [-0.4, -0.2) is 40.0 Å². The number of amides is 3. The van der Waals surface area contributed by atoms with E-state index >= 15 is 0 Å². The summed E-state index contributed by atoms with van der Waals surface area (Å²) in [6.45, 7) is -0.743. The maximum Gasteiger partial charge on any atom is 0.340 e. The quantitative estimate of drug-likeness (QED) is 0.568. The number of sulfonamides is 1. The number of para-hydroxylation sites is 1. The van der Waals surface area contributed by atoms with Crippen LogP contribution in [0.2, 0.25) is 10.0 Å². The number of nitrogens with one attached hydrogen (secondary N) is 3. The van der Waals surface area contributed by atoms with Crippen molar-refractivity contribution in [2.75, 3.05) is 18.4 Å². The van der Waals surface area contributed by atoms with Gasteiger partial charge in [0.05, 0.1) is 16.3 Å². The van der Waals surface area contributed by atoms with E-state index in [9.17, 15) is 22.8 Å². The van der Waals surface area contributed by atoms with Gasteiger partial charge in [-0.25, -0.2) is 18.0 Å². The van der Waals surface area contributed by atoms with Crippen molar-refractivity contribution in [2.45, 2.75) is 4.90 Å². The molecule has 2 aromatic carbocycles. The lowest BCUT2D eigenvalue weighted by Gasteiger charge is -2.13. The Balaban J connectivity index is 2.20. The third kappa shape index (κ3) is 6.08. The zero-order valence-electron chi connectivity index (χ0n) is 14.9. The minimum atomic E-state index is -4.18. The molecule has 0 atom stereocenters.